The van der Waals surface area contributed by atoms with Crippen LogP contribution in [-0.2, 0) is 10.8 Å². The number of hydrogen-bond donors (Lipinski definition) is 0. The molecule has 0 aliphatic carbocycles. The van der Waals surface area contributed by atoms with Crippen molar-refractivity contribution >= 4 is 23.5 Å². The van der Waals surface area contributed by atoms with E-state index in [2.05, 4.69) is 75.6 Å². The molecule has 0 N–H and O–H groups in total. The van der Waals surface area contributed by atoms with Crippen LogP contribution in [0.1, 0.15) is 117 Å². The van der Waals surface area contributed by atoms with Gasteiger partial charge in [0, 0.05) is 46.7 Å². The Kier molecular flexibility index (Phi) is 11.6. The molecule has 0 bridgehead atoms. The zero-order chi connectivity index (χ0) is 36.1. The van der Waals surface area contributed by atoms with Crippen LogP contribution < -0.4 is 42.0 Å². The maximum atomic E-state index is 13.5. The number of rotatable bonds is 14. The van der Waals surface area contributed by atoms with E-state index in [1.165, 1.54) is 50.7 Å². The zero-order valence-corrected chi connectivity index (χ0v) is 30.9. The lowest BCUT2D eigenvalue weighted by Gasteiger charge is -2.27. The lowest BCUT2D eigenvalue weighted by atomic mass is 9.83. The quantitative estimate of drug-likeness (QED) is 0.137. The Hall–Kier alpha value is -4.32. The van der Waals surface area contributed by atoms with E-state index in [0.29, 0.717) is 0 Å². The van der Waals surface area contributed by atoms with E-state index in [-0.39, 0.29) is 10.4 Å². The van der Waals surface area contributed by atoms with Gasteiger partial charge in [0.15, 0.2) is 0 Å². The van der Waals surface area contributed by atoms with Gasteiger partial charge in [-0.3, -0.25) is 19.2 Å². The van der Waals surface area contributed by atoms with Crippen LogP contribution in [0.2, 0.25) is 0 Å². The Morgan fingerprint density at radius 1 is 0.480 bits per heavy atom. The summed E-state index contributed by atoms with van der Waals surface area (Å²) in [7, 11) is 0. The smallest absolute Gasteiger partial charge is 0.237 e. The first-order chi connectivity index (χ1) is 24.0. The van der Waals surface area contributed by atoms with E-state index in [0.717, 1.165) is 72.7 Å². The number of unbranched alkanes of at least 4 members (excludes halogenated alkanes) is 8. The molecule has 0 aromatic heterocycles. The van der Waals surface area contributed by atoms with Gasteiger partial charge in [-0.15, -0.1) is 0 Å². The summed E-state index contributed by atoms with van der Waals surface area (Å²) in [6, 6.07) is 16.5. The molecule has 264 valence electrons. The van der Waals surface area contributed by atoms with E-state index in [9.17, 15) is 19.2 Å². The van der Waals surface area contributed by atoms with Crippen LogP contribution in [0.25, 0.3) is 12.2 Å². The van der Waals surface area contributed by atoms with Crippen LogP contribution in [0.5, 0.6) is 0 Å². The molecule has 0 fully saturated rings. The van der Waals surface area contributed by atoms with Crippen molar-refractivity contribution in [3.63, 3.8) is 0 Å². The maximum absolute atomic E-state index is 13.5. The first-order valence-electron chi connectivity index (χ1n) is 18.7. The van der Waals surface area contributed by atoms with Crippen molar-refractivity contribution in [3.8, 4) is 0 Å². The second kappa shape index (κ2) is 15.7. The predicted octanol–water partition coefficient (Wildman–Crippen LogP) is 6.87. The summed E-state index contributed by atoms with van der Waals surface area (Å²) < 4.78 is 0. The van der Waals surface area contributed by atoms with E-state index in [4.69, 9.17) is 0 Å². The summed E-state index contributed by atoms with van der Waals surface area (Å²) in [5.74, 6) is 0. The monoisotopic (exact) mass is 674 g/mol. The molecule has 5 rings (SSSR count). The van der Waals surface area contributed by atoms with Gasteiger partial charge < -0.3 is 9.80 Å². The van der Waals surface area contributed by atoms with Crippen molar-refractivity contribution in [3.05, 3.63) is 135 Å². The summed E-state index contributed by atoms with van der Waals surface area (Å²) in [6.07, 6.45) is 17.7. The average Bonchev–Trinajstić information content (AvgIpc) is 3.45. The molecular weight excluding hydrogens is 620 g/mol. The molecule has 0 saturated heterocycles. The van der Waals surface area contributed by atoms with Crippen LogP contribution in [-0.4, -0.2) is 13.1 Å². The second-order valence-electron chi connectivity index (χ2n) is 15.0. The van der Waals surface area contributed by atoms with Gasteiger partial charge in [0.1, 0.15) is 0 Å². The zero-order valence-electron chi connectivity index (χ0n) is 30.9. The molecule has 3 aromatic carbocycles. The molecule has 0 radical (unpaired) electrons. The predicted molar refractivity (Wildman–Crippen MR) is 209 cm³/mol. The van der Waals surface area contributed by atoms with Crippen molar-refractivity contribution < 1.29 is 0 Å². The molecule has 50 heavy (non-hydrogen) atoms. The molecule has 0 atom stereocenters. The molecule has 2 aliphatic rings. The van der Waals surface area contributed by atoms with Crippen LogP contribution in [0.15, 0.2) is 91.3 Å². The molecule has 0 amide bonds. The second-order valence-corrected chi connectivity index (χ2v) is 15.0. The van der Waals surface area contributed by atoms with Crippen molar-refractivity contribution in [1.29, 1.82) is 0 Å². The summed E-state index contributed by atoms with van der Waals surface area (Å²) in [5, 5.41) is -0.733. The summed E-state index contributed by atoms with van der Waals surface area (Å²) in [6.45, 7) is 14.5. The Morgan fingerprint density at radius 3 is 1.18 bits per heavy atom. The number of hydrogen-bond acceptors (Lipinski definition) is 6. The fraction of sp³-hybridized carbons (Fsp3) is 0.455. The van der Waals surface area contributed by atoms with Gasteiger partial charge in [-0.2, -0.15) is 0 Å². The third-order valence-electron chi connectivity index (χ3n) is 10.8. The van der Waals surface area contributed by atoms with Crippen molar-refractivity contribution in [2.45, 2.75) is 117 Å². The van der Waals surface area contributed by atoms with Gasteiger partial charge in [0.2, 0.25) is 21.7 Å². The standard InChI is InChI=1S/C44H54N2O4/c1-7-9-11-13-19-29-45-35-23-17-15-21-33(35)43(3,4)37(45)27-25-31-39(47)41(49)32(42(50)40(31)48)26-28-38-44(5,6)34-22-16-18-24-36(34)46(38)30-20-14-12-10-8-2/h15-18,21-28H,7-14,19-20,29-30H2,1-6H3/b31-25?,32-26?,37-27-,38-28+. The van der Waals surface area contributed by atoms with E-state index in [1.807, 2.05) is 24.3 Å². The van der Waals surface area contributed by atoms with E-state index in [1.54, 1.807) is 12.2 Å². The number of nitrogens with zero attached hydrogens (tertiary/aromatic N) is 2. The van der Waals surface area contributed by atoms with Gasteiger partial charge in [0.25, 0.3) is 0 Å². The first-order valence-corrected chi connectivity index (χ1v) is 18.7. The van der Waals surface area contributed by atoms with Gasteiger partial charge in [-0.25, -0.2) is 0 Å². The number of allylic oxidation sites excluding steroid dienone is 4. The number of benzene rings is 3. The number of para-hydroxylation sites is 2. The minimum absolute atomic E-state index is 0.366. The highest BCUT2D eigenvalue weighted by atomic mass is 16.2. The third kappa shape index (κ3) is 7.12. The molecule has 2 aliphatic heterocycles. The highest BCUT2D eigenvalue weighted by Crippen LogP contribution is 2.48. The minimum atomic E-state index is -0.933. The summed E-state index contributed by atoms with van der Waals surface area (Å²) in [4.78, 5) is 58.6. The maximum Gasteiger partial charge on any atom is 0.237 e. The molecule has 0 unspecified atom stereocenters. The highest BCUT2D eigenvalue weighted by molar-refractivity contribution is 5.73. The van der Waals surface area contributed by atoms with Crippen molar-refractivity contribution in [2.24, 2.45) is 0 Å². The molecule has 6 nitrogen and oxygen atoms in total. The largest absolute Gasteiger partial charge is 0.344 e. The van der Waals surface area contributed by atoms with Gasteiger partial charge in [0.05, 0.1) is 10.4 Å². The Balaban J connectivity index is 1.55. The number of anilines is 2. The lowest BCUT2D eigenvalue weighted by molar-refractivity contribution is 0.603. The summed E-state index contributed by atoms with van der Waals surface area (Å²) in [5.41, 5.74) is 1.90. The van der Waals surface area contributed by atoms with Gasteiger partial charge >= 0.3 is 0 Å². The van der Waals surface area contributed by atoms with Crippen LogP contribution in [0.4, 0.5) is 11.4 Å². The van der Waals surface area contributed by atoms with Gasteiger partial charge in [-0.05, 0) is 60.4 Å². The average molecular weight is 675 g/mol. The molecule has 0 saturated carbocycles. The van der Waals surface area contributed by atoms with Crippen LogP contribution in [0.3, 0.4) is 0 Å². The lowest BCUT2D eigenvalue weighted by Crippen LogP contribution is -2.64. The molecular formula is C44H54N2O4. The van der Waals surface area contributed by atoms with Gasteiger partial charge in [-0.1, -0.05) is 129 Å². The topological polar surface area (TPSA) is 74.8 Å². The van der Waals surface area contributed by atoms with Crippen LogP contribution >= 0.6 is 0 Å². The Labute approximate surface area is 296 Å². The first kappa shape index (κ1) is 36.9. The highest BCUT2D eigenvalue weighted by Gasteiger charge is 2.40. The fourth-order valence-electron chi connectivity index (χ4n) is 7.83. The summed E-state index contributed by atoms with van der Waals surface area (Å²) >= 11 is 0. The Morgan fingerprint density at radius 2 is 0.820 bits per heavy atom. The molecule has 0 spiro atoms. The molecule has 6 heteroatoms. The SMILES string of the molecule is CCCCCCCN1/C(=C\C=c2c(=O)c(=O)c(=C/C=C3/N(CCCCCCC)c4ccccc4C3(C)C)c(=O)c2=O)C(C)(C)c2ccccc21. The third-order valence-corrected chi connectivity index (χ3v) is 10.8. The normalized spacial score (nSPS) is 17.4. The van der Waals surface area contributed by atoms with E-state index < -0.39 is 32.5 Å². The number of fused-ring (bicyclic) bond motifs is 2. The van der Waals surface area contributed by atoms with Crippen molar-refractivity contribution in [2.75, 3.05) is 22.9 Å². The van der Waals surface area contributed by atoms with E-state index >= 15 is 0 Å². The minimum Gasteiger partial charge on any atom is -0.344 e. The van der Waals surface area contributed by atoms with Crippen molar-refractivity contribution in [1.82, 2.24) is 0 Å². The van der Waals surface area contributed by atoms with Crippen LogP contribution in [0, 0.1) is 0 Å². The molecule has 3 aromatic rings. The fourth-order valence-corrected chi connectivity index (χ4v) is 7.83. The molecule has 2 heterocycles. The Bertz CT molecular complexity index is 1890.